The summed E-state index contributed by atoms with van der Waals surface area (Å²) >= 11 is 1.51. The molecule has 0 aliphatic carbocycles. The lowest BCUT2D eigenvalue weighted by Crippen LogP contribution is -2.59. The van der Waals surface area contributed by atoms with Crippen LogP contribution in [0.1, 0.15) is 52.5 Å². The van der Waals surface area contributed by atoms with Gasteiger partial charge in [-0.3, -0.25) is 14.4 Å². The molecule has 1 rings (SSSR count). The maximum absolute atomic E-state index is 13.2. The Bertz CT molecular complexity index is 898. The molecule has 0 saturated heterocycles. The number of aliphatic carboxylic acids is 1. The summed E-state index contributed by atoms with van der Waals surface area (Å²) in [6.45, 7) is 7.25. The van der Waals surface area contributed by atoms with Crippen molar-refractivity contribution in [1.82, 2.24) is 16.0 Å². The van der Waals surface area contributed by atoms with Gasteiger partial charge in [0, 0.05) is 0 Å². The molecule has 10 nitrogen and oxygen atoms in total. The van der Waals surface area contributed by atoms with Crippen molar-refractivity contribution in [3.63, 3.8) is 0 Å². The SMILES string of the molecule is CCC(C)C(NC(=O)C(NC(=O)C(CCSC)NC(=O)C(N)Cc1ccc(O)cc1)C(C)CC)C(=O)O. The summed E-state index contributed by atoms with van der Waals surface area (Å²) in [5.41, 5.74) is 6.83. The molecule has 0 spiro atoms. The molecule has 3 amide bonds. The van der Waals surface area contributed by atoms with Gasteiger partial charge in [-0.25, -0.2) is 4.79 Å². The van der Waals surface area contributed by atoms with Crippen LogP contribution in [0.4, 0.5) is 0 Å². The molecule has 6 unspecified atom stereocenters. The molecule has 1 aromatic rings. The molecule has 0 aliphatic heterocycles. The molecule has 0 radical (unpaired) electrons. The van der Waals surface area contributed by atoms with Crippen molar-refractivity contribution in [3.8, 4) is 5.75 Å². The predicted octanol–water partition coefficient (Wildman–Crippen LogP) is 1.65. The lowest BCUT2D eigenvalue weighted by Gasteiger charge is -2.29. The first-order valence-electron chi connectivity index (χ1n) is 12.6. The lowest BCUT2D eigenvalue weighted by atomic mass is 9.95. The number of benzene rings is 1. The highest BCUT2D eigenvalue weighted by atomic mass is 32.2. The van der Waals surface area contributed by atoms with Gasteiger partial charge in [-0.05, 0) is 54.4 Å². The van der Waals surface area contributed by atoms with E-state index in [1.165, 1.54) is 23.9 Å². The number of carbonyl (C=O) groups is 4. The Morgan fingerprint density at radius 2 is 1.43 bits per heavy atom. The van der Waals surface area contributed by atoms with Crippen molar-refractivity contribution < 1.29 is 29.4 Å². The Morgan fingerprint density at radius 1 is 0.892 bits per heavy atom. The van der Waals surface area contributed by atoms with E-state index >= 15 is 0 Å². The molecule has 7 N–H and O–H groups in total. The van der Waals surface area contributed by atoms with Crippen LogP contribution in [0.3, 0.4) is 0 Å². The van der Waals surface area contributed by atoms with Gasteiger partial charge in [0.25, 0.3) is 0 Å². The van der Waals surface area contributed by atoms with E-state index in [1.807, 2.05) is 20.1 Å². The summed E-state index contributed by atoms with van der Waals surface area (Å²) in [7, 11) is 0. The average Bonchev–Trinajstić information content (AvgIpc) is 2.87. The van der Waals surface area contributed by atoms with E-state index in [0.29, 0.717) is 25.0 Å². The lowest BCUT2D eigenvalue weighted by molar-refractivity contribution is -0.144. The molecule has 0 bridgehead atoms. The van der Waals surface area contributed by atoms with Gasteiger partial charge in [0.05, 0.1) is 6.04 Å². The first-order chi connectivity index (χ1) is 17.4. The molecule has 37 heavy (non-hydrogen) atoms. The van der Waals surface area contributed by atoms with Gasteiger partial charge in [-0.2, -0.15) is 11.8 Å². The second-order valence-electron chi connectivity index (χ2n) is 9.40. The minimum absolute atomic E-state index is 0.106. The molecule has 0 fully saturated rings. The molecule has 6 atom stereocenters. The monoisotopic (exact) mass is 538 g/mol. The molecule has 0 heterocycles. The standard InChI is InChI=1S/C26H42N4O6S/c1-6-15(3)21(25(34)30-22(26(35)36)16(4)7-2)29-24(33)20(12-13-37-5)28-23(32)19(27)14-17-8-10-18(31)11-9-17/h8-11,15-16,19-22,31H,6-7,12-14,27H2,1-5H3,(H,28,32)(H,29,33)(H,30,34)(H,35,36). The molecule has 208 valence electrons. The number of rotatable bonds is 16. The van der Waals surface area contributed by atoms with Crippen molar-refractivity contribution in [3.05, 3.63) is 29.8 Å². The maximum Gasteiger partial charge on any atom is 0.326 e. The first kappa shape index (κ1) is 32.2. The fourth-order valence-corrected chi connectivity index (χ4v) is 4.12. The van der Waals surface area contributed by atoms with Crippen LogP contribution in [0.15, 0.2) is 24.3 Å². The molecule has 0 saturated carbocycles. The topological polar surface area (TPSA) is 171 Å². The van der Waals surface area contributed by atoms with Gasteiger partial charge in [0.1, 0.15) is 23.9 Å². The van der Waals surface area contributed by atoms with E-state index in [0.717, 1.165) is 5.56 Å². The summed E-state index contributed by atoms with van der Waals surface area (Å²) in [4.78, 5) is 50.9. The zero-order valence-corrected chi connectivity index (χ0v) is 23.1. The Labute approximate surface area is 223 Å². The Hall–Kier alpha value is -2.79. The zero-order valence-electron chi connectivity index (χ0n) is 22.3. The largest absolute Gasteiger partial charge is 0.508 e. The number of carboxylic acids is 1. The van der Waals surface area contributed by atoms with E-state index in [2.05, 4.69) is 16.0 Å². The first-order valence-corrected chi connectivity index (χ1v) is 14.0. The van der Waals surface area contributed by atoms with E-state index in [4.69, 9.17) is 5.73 Å². The van der Waals surface area contributed by atoms with E-state index in [9.17, 15) is 29.4 Å². The number of phenols is 1. The zero-order chi connectivity index (χ0) is 28.1. The quantitative estimate of drug-likeness (QED) is 0.184. The van der Waals surface area contributed by atoms with Gasteiger partial charge in [-0.1, -0.05) is 52.7 Å². The number of carboxylic acid groups (broad SMARTS) is 1. The van der Waals surface area contributed by atoms with Crippen LogP contribution in [-0.2, 0) is 25.6 Å². The molecule has 0 aromatic heterocycles. The number of hydrogen-bond acceptors (Lipinski definition) is 7. The smallest absolute Gasteiger partial charge is 0.326 e. The van der Waals surface area contributed by atoms with E-state index < -0.39 is 47.9 Å². The number of nitrogens with two attached hydrogens (primary N) is 1. The van der Waals surface area contributed by atoms with Crippen molar-refractivity contribution in [2.24, 2.45) is 17.6 Å². The summed E-state index contributed by atoms with van der Waals surface area (Å²) < 4.78 is 0. The summed E-state index contributed by atoms with van der Waals surface area (Å²) in [5.74, 6) is -2.63. The molecule has 0 aliphatic rings. The molecule has 11 heteroatoms. The van der Waals surface area contributed by atoms with Gasteiger partial charge >= 0.3 is 5.97 Å². The number of nitrogens with one attached hydrogen (secondary N) is 3. The van der Waals surface area contributed by atoms with Gasteiger partial charge < -0.3 is 31.9 Å². The number of aromatic hydroxyl groups is 1. The van der Waals surface area contributed by atoms with E-state index in [1.54, 1.807) is 26.0 Å². The fraction of sp³-hybridized carbons (Fsp3) is 0.615. The Morgan fingerprint density at radius 3 is 1.95 bits per heavy atom. The Balaban J connectivity index is 2.99. The van der Waals surface area contributed by atoms with Gasteiger partial charge in [0.15, 0.2) is 0 Å². The number of phenolic OH excluding ortho intramolecular Hbond substituents is 1. The van der Waals surface area contributed by atoms with Crippen molar-refractivity contribution in [2.75, 3.05) is 12.0 Å². The number of thioether (sulfide) groups is 1. The highest BCUT2D eigenvalue weighted by Crippen LogP contribution is 2.14. The van der Waals surface area contributed by atoms with Crippen LogP contribution in [0.5, 0.6) is 5.75 Å². The van der Waals surface area contributed by atoms with Crippen LogP contribution in [-0.4, -0.2) is 70.1 Å². The summed E-state index contributed by atoms with van der Waals surface area (Å²) in [5, 5.41) is 27.0. The van der Waals surface area contributed by atoms with Crippen LogP contribution in [0.2, 0.25) is 0 Å². The number of hydrogen-bond donors (Lipinski definition) is 6. The van der Waals surface area contributed by atoms with Crippen LogP contribution in [0.25, 0.3) is 0 Å². The summed E-state index contributed by atoms with van der Waals surface area (Å²) in [6, 6.07) is 2.45. The molecular weight excluding hydrogens is 496 g/mol. The fourth-order valence-electron chi connectivity index (χ4n) is 3.64. The van der Waals surface area contributed by atoms with Crippen molar-refractivity contribution in [1.29, 1.82) is 0 Å². The van der Waals surface area contributed by atoms with Crippen molar-refractivity contribution in [2.45, 2.75) is 77.5 Å². The normalized spacial score (nSPS) is 15.9. The van der Waals surface area contributed by atoms with Gasteiger partial charge in [-0.15, -0.1) is 0 Å². The van der Waals surface area contributed by atoms with Crippen LogP contribution < -0.4 is 21.7 Å². The number of carbonyl (C=O) groups excluding carboxylic acids is 3. The maximum atomic E-state index is 13.2. The third-order valence-electron chi connectivity index (χ3n) is 6.54. The average molecular weight is 539 g/mol. The second-order valence-corrected chi connectivity index (χ2v) is 10.4. The Kier molecular flexibility index (Phi) is 14.1. The third-order valence-corrected chi connectivity index (χ3v) is 7.19. The minimum Gasteiger partial charge on any atom is -0.508 e. The second kappa shape index (κ2) is 16.1. The van der Waals surface area contributed by atoms with E-state index in [-0.39, 0.29) is 24.0 Å². The molecular formula is C26H42N4O6S. The minimum atomic E-state index is -1.13. The highest BCUT2D eigenvalue weighted by molar-refractivity contribution is 7.98. The van der Waals surface area contributed by atoms with Gasteiger partial charge in [0.2, 0.25) is 17.7 Å². The van der Waals surface area contributed by atoms with Crippen molar-refractivity contribution >= 4 is 35.5 Å². The number of amides is 3. The summed E-state index contributed by atoms with van der Waals surface area (Å²) in [6.07, 6.45) is 3.55. The third kappa shape index (κ3) is 10.6. The van der Waals surface area contributed by atoms with Crippen LogP contribution >= 0.6 is 11.8 Å². The van der Waals surface area contributed by atoms with Crippen LogP contribution in [0, 0.1) is 11.8 Å². The predicted molar refractivity (Wildman–Crippen MR) is 145 cm³/mol. The highest BCUT2D eigenvalue weighted by Gasteiger charge is 2.34. The molecule has 1 aromatic carbocycles.